The first-order valence-electron chi connectivity index (χ1n) is 4.35. The maximum Gasteiger partial charge on any atom is 0.325 e. The molecule has 1 aromatic carbocycles. The minimum atomic E-state index is -1.18. The molecular weight excluding hydrogens is 219 g/mol. The molecule has 0 aliphatic rings. The van der Waals surface area contributed by atoms with Crippen LogP contribution < -0.4 is 5.32 Å². The van der Waals surface area contributed by atoms with Gasteiger partial charge >= 0.3 is 5.97 Å². The molecular formula is C9H9FN2O4. The fraction of sp³-hybridized carbons (Fsp3) is 0.222. The Hall–Kier alpha value is -2.18. The number of aliphatic carboxylic acids is 1. The van der Waals surface area contributed by atoms with Gasteiger partial charge in [0, 0.05) is 12.1 Å². The zero-order valence-electron chi connectivity index (χ0n) is 8.31. The minimum absolute atomic E-state index is 0.153. The number of hydrogen-bond donors (Lipinski definition) is 2. The SMILES string of the molecule is CC(Nc1cc(F)ccc1[N+](=O)[O-])C(=O)O. The number of carboxylic acids is 1. The van der Waals surface area contributed by atoms with Gasteiger partial charge in [-0.1, -0.05) is 0 Å². The Labute approximate surface area is 89.9 Å². The first-order valence-corrected chi connectivity index (χ1v) is 4.35. The fourth-order valence-electron chi connectivity index (χ4n) is 1.08. The molecule has 6 nitrogen and oxygen atoms in total. The fourth-order valence-corrected chi connectivity index (χ4v) is 1.08. The smallest absolute Gasteiger partial charge is 0.325 e. The van der Waals surface area contributed by atoms with Crippen molar-refractivity contribution < 1.29 is 19.2 Å². The third kappa shape index (κ3) is 2.66. The molecule has 0 aromatic heterocycles. The molecule has 0 saturated heterocycles. The molecule has 0 amide bonds. The Bertz CT molecular complexity index is 436. The molecule has 1 unspecified atom stereocenters. The summed E-state index contributed by atoms with van der Waals surface area (Å²) in [6.07, 6.45) is 0. The Morgan fingerprint density at radius 1 is 1.62 bits per heavy atom. The predicted molar refractivity (Wildman–Crippen MR) is 53.8 cm³/mol. The van der Waals surface area contributed by atoms with E-state index in [1.807, 2.05) is 0 Å². The molecule has 0 heterocycles. The molecule has 0 bridgehead atoms. The van der Waals surface area contributed by atoms with Gasteiger partial charge in [-0.15, -0.1) is 0 Å². The first kappa shape index (κ1) is 11.9. The summed E-state index contributed by atoms with van der Waals surface area (Å²) >= 11 is 0. The molecule has 1 rings (SSSR count). The van der Waals surface area contributed by atoms with E-state index in [0.29, 0.717) is 0 Å². The van der Waals surface area contributed by atoms with Gasteiger partial charge in [0.05, 0.1) is 4.92 Å². The standard InChI is InChI=1S/C9H9FN2O4/c1-5(9(13)14)11-7-4-6(10)2-3-8(7)12(15)16/h2-5,11H,1H3,(H,13,14). The number of hydrogen-bond acceptors (Lipinski definition) is 4. The first-order chi connectivity index (χ1) is 7.41. The second kappa shape index (κ2) is 4.56. The monoisotopic (exact) mass is 228 g/mol. The average molecular weight is 228 g/mol. The molecule has 0 aliphatic carbocycles. The molecule has 1 atom stereocenters. The lowest BCUT2D eigenvalue weighted by Crippen LogP contribution is -2.25. The van der Waals surface area contributed by atoms with Crippen LogP contribution in [0.25, 0.3) is 0 Å². The summed E-state index contributed by atoms with van der Waals surface area (Å²) in [7, 11) is 0. The maximum atomic E-state index is 12.9. The summed E-state index contributed by atoms with van der Waals surface area (Å²) in [6, 6.07) is 1.76. The third-order valence-corrected chi connectivity index (χ3v) is 1.90. The summed E-state index contributed by atoms with van der Waals surface area (Å²) in [4.78, 5) is 20.4. The Kier molecular flexibility index (Phi) is 3.39. The van der Waals surface area contributed by atoms with E-state index in [0.717, 1.165) is 18.2 Å². The van der Waals surface area contributed by atoms with Gasteiger partial charge in [0.2, 0.25) is 0 Å². The van der Waals surface area contributed by atoms with Gasteiger partial charge in [-0.2, -0.15) is 0 Å². The van der Waals surface area contributed by atoms with Crippen molar-refractivity contribution in [2.24, 2.45) is 0 Å². The third-order valence-electron chi connectivity index (χ3n) is 1.90. The van der Waals surface area contributed by atoms with E-state index < -0.39 is 22.8 Å². The van der Waals surface area contributed by atoms with Crippen LogP contribution in [-0.2, 0) is 4.79 Å². The molecule has 0 aliphatic heterocycles. The summed E-state index contributed by atoms with van der Waals surface area (Å²) in [5.74, 6) is -1.86. The quantitative estimate of drug-likeness (QED) is 0.603. The summed E-state index contributed by atoms with van der Waals surface area (Å²) in [6.45, 7) is 1.30. The lowest BCUT2D eigenvalue weighted by Gasteiger charge is -2.10. The number of benzene rings is 1. The number of nitro groups is 1. The predicted octanol–water partition coefficient (Wildman–Crippen LogP) is 1.62. The van der Waals surface area contributed by atoms with Crippen LogP contribution in [0.15, 0.2) is 18.2 Å². The number of nitrogens with zero attached hydrogens (tertiary/aromatic N) is 1. The van der Waals surface area contributed by atoms with Crippen LogP contribution in [-0.4, -0.2) is 22.0 Å². The molecule has 0 spiro atoms. The number of halogens is 1. The molecule has 2 N–H and O–H groups in total. The number of nitrogens with one attached hydrogen (secondary N) is 1. The van der Waals surface area contributed by atoms with Crippen molar-refractivity contribution in [1.82, 2.24) is 0 Å². The highest BCUT2D eigenvalue weighted by Crippen LogP contribution is 2.25. The summed E-state index contributed by atoms with van der Waals surface area (Å²) in [5.41, 5.74) is -0.519. The van der Waals surface area contributed by atoms with Gasteiger partial charge in [0.25, 0.3) is 5.69 Å². The molecule has 16 heavy (non-hydrogen) atoms. The lowest BCUT2D eigenvalue weighted by molar-refractivity contribution is -0.384. The van der Waals surface area contributed by atoms with Gasteiger partial charge in [0.1, 0.15) is 17.5 Å². The number of anilines is 1. The van der Waals surface area contributed by atoms with Crippen LogP contribution in [0.5, 0.6) is 0 Å². The van der Waals surface area contributed by atoms with Crippen molar-refractivity contribution in [2.75, 3.05) is 5.32 Å². The minimum Gasteiger partial charge on any atom is -0.480 e. The van der Waals surface area contributed by atoms with E-state index >= 15 is 0 Å². The van der Waals surface area contributed by atoms with Gasteiger partial charge in [-0.05, 0) is 13.0 Å². The molecule has 1 aromatic rings. The summed E-state index contributed by atoms with van der Waals surface area (Å²) in [5, 5.41) is 21.5. The van der Waals surface area contributed by atoms with Crippen molar-refractivity contribution >= 4 is 17.3 Å². The van der Waals surface area contributed by atoms with E-state index in [-0.39, 0.29) is 11.4 Å². The van der Waals surface area contributed by atoms with E-state index in [1.54, 1.807) is 0 Å². The molecule has 86 valence electrons. The number of carbonyl (C=O) groups is 1. The Balaban J connectivity index is 3.05. The van der Waals surface area contributed by atoms with E-state index in [1.165, 1.54) is 6.92 Å². The van der Waals surface area contributed by atoms with Crippen LogP contribution >= 0.6 is 0 Å². The van der Waals surface area contributed by atoms with Gasteiger partial charge < -0.3 is 10.4 Å². The van der Waals surface area contributed by atoms with Crippen LogP contribution in [0, 0.1) is 15.9 Å². The molecule has 0 saturated carbocycles. The van der Waals surface area contributed by atoms with Crippen molar-refractivity contribution in [1.29, 1.82) is 0 Å². The van der Waals surface area contributed by atoms with Gasteiger partial charge in [0.15, 0.2) is 0 Å². The van der Waals surface area contributed by atoms with E-state index in [2.05, 4.69) is 5.32 Å². The maximum absolute atomic E-state index is 12.9. The number of rotatable bonds is 4. The van der Waals surface area contributed by atoms with E-state index in [4.69, 9.17) is 5.11 Å². The van der Waals surface area contributed by atoms with Crippen LogP contribution in [0.4, 0.5) is 15.8 Å². The van der Waals surface area contributed by atoms with Crippen molar-refractivity contribution in [3.05, 3.63) is 34.1 Å². The number of nitro benzene ring substituents is 1. The average Bonchev–Trinajstić information content (AvgIpc) is 2.16. The van der Waals surface area contributed by atoms with Crippen LogP contribution in [0.1, 0.15) is 6.92 Å². The highest BCUT2D eigenvalue weighted by Gasteiger charge is 2.18. The topological polar surface area (TPSA) is 92.5 Å². The van der Waals surface area contributed by atoms with Crippen molar-refractivity contribution in [2.45, 2.75) is 13.0 Å². The Morgan fingerprint density at radius 3 is 2.75 bits per heavy atom. The second-order valence-corrected chi connectivity index (χ2v) is 3.12. The Morgan fingerprint density at radius 2 is 2.25 bits per heavy atom. The van der Waals surface area contributed by atoms with Crippen LogP contribution in [0.2, 0.25) is 0 Å². The zero-order valence-corrected chi connectivity index (χ0v) is 8.31. The second-order valence-electron chi connectivity index (χ2n) is 3.12. The van der Waals surface area contributed by atoms with Gasteiger partial charge in [-0.3, -0.25) is 14.9 Å². The molecule has 0 fully saturated rings. The lowest BCUT2D eigenvalue weighted by atomic mass is 10.2. The number of carboxylic acid groups (broad SMARTS) is 1. The normalized spacial score (nSPS) is 11.9. The van der Waals surface area contributed by atoms with E-state index in [9.17, 15) is 19.3 Å². The van der Waals surface area contributed by atoms with Gasteiger partial charge in [-0.25, -0.2) is 4.39 Å². The van der Waals surface area contributed by atoms with Crippen molar-refractivity contribution in [3.63, 3.8) is 0 Å². The highest BCUT2D eigenvalue weighted by molar-refractivity contribution is 5.78. The zero-order chi connectivity index (χ0) is 12.3. The molecule has 7 heteroatoms. The molecule has 0 radical (unpaired) electrons. The summed E-state index contributed by atoms with van der Waals surface area (Å²) < 4.78 is 12.9. The van der Waals surface area contributed by atoms with Crippen molar-refractivity contribution in [3.8, 4) is 0 Å². The largest absolute Gasteiger partial charge is 0.480 e. The van der Waals surface area contributed by atoms with Crippen LogP contribution in [0.3, 0.4) is 0 Å². The highest BCUT2D eigenvalue weighted by atomic mass is 19.1.